The first-order valence-corrected chi connectivity index (χ1v) is 12.6. The molecule has 0 atom stereocenters. The summed E-state index contributed by atoms with van der Waals surface area (Å²) in [5.41, 5.74) is 4.28. The fraction of sp³-hybridized carbons (Fsp3) is 0.233. The van der Waals surface area contributed by atoms with Gasteiger partial charge in [0.1, 0.15) is 18.1 Å². The molecule has 0 radical (unpaired) electrons. The summed E-state index contributed by atoms with van der Waals surface area (Å²) in [4.78, 5) is 27.4. The van der Waals surface area contributed by atoms with Crippen molar-refractivity contribution in [2.45, 2.75) is 26.7 Å². The van der Waals surface area contributed by atoms with Gasteiger partial charge in [0.15, 0.2) is 0 Å². The summed E-state index contributed by atoms with van der Waals surface area (Å²) in [6, 6.07) is 26.4. The van der Waals surface area contributed by atoms with Crippen molar-refractivity contribution in [2.24, 2.45) is 0 Å². The number of carbonyl (C=O) groups excluding carboxylic acids is 2. The molecule has 4 aromatic rings. The maximum Gasteiger partial charge on any atom is 0.322 e. The fourth-order valence-corrected chi connectivity index (χ4v) is 3.98. The number of rotatable bonds is 9. The number of nitrogens with zero attached hydrogens (tertiary/aromatic N) is 3. The Morgan fingerprint density at radius 1 is 0.947 bits per heavy atom. The van der Waals surface area contributed by atoms with E-state index in [-0.39, 0.29) is 18.5 Å². The van der Waals surface area contributed by atoms with Crippen LogP contribution in [0.25, 0.3) is 16.9 Å². The molecular formula is C30H33N5O3. The van der Waals surface area contributed by atoms with Crippen molar-refractivity contribution in [3.8, 4) is 22.7 Å². The Hall–Kier alpha value is -4.59. The second-order valence-electron chi connectivity index (χ2n) is 9.16. The van der Waals surface area contributed by atoms with Crippen LogP contribution in [0.3, 0.4) is 0 Å². The Bertz CT molecular complexity index is 1360. The van der Waals surface area contributed by atoms with E-state index in [0.29, 0.717) is 29.7 Å². The van der Waals surface area contributed by atoms with Crippen molar-refractivity contribution >= 4 is 23.4 Å². The highest BCUT2D eigenvalue weighted by molar-refractivity contribution is 5.97. The first-order chi connectivity index (χ1) is 18.4. The SMILES string of the molecule is CCN(CC(=O)Nc1cc(-c2ccccc2)nn1-c1ccc(OC)cc1)C(=O)Nc1ccc(C(C)C)cc1. The van der Waals surface area contributed by atoms with E-state index in [9.17, 15) is 9.59 Å². The number of benzene rings is 3. The van der Waals surface area contributed by atoms with E-state index in [1.165, 1.54) is 10.5 Å². The molecule has 8 nitrogen and oxygen atoms in total. The number of nitrogens with one attached hydrogen (secondary N) is 2. The summed E-state index contributed by atoms with van der Waals surface area (Å²) >= 11 is 0. The molecule has 0 aliphatic rings. The van der Waals surface area contributed by atoms with E-state index >= 15 is 0 Å². The first kappa shape index (κ1) is 26.5. The highest BCUT2D eigenvalue weighted by atomic mass is 16.5. The molecule has 8 heteroatoms. The van der Waals surface area contributed by atoms with Crippen molar-refractivity contribution in [1.29, 1.82) is 0 Å². The third-order valence-corrected chi connectivity index (χ3v) is 6.20. The summed E-state index contributed by atoms with van der Waals surface area (Å²) < 4.78 is 6.94. The smallest absolute Gasteiger partial charge is 0.322 e. The third-order valence-electron chi connectivity index (χ3n) is 6.20. The lowest BCUT2D eigenvalue weighted by atomic mass is 10.0. The van der Waals surface area contributed by atoms with Gasteiger partial charge in [0.25, 0.3) is 0 Å². The van der Waals surface area contributed by atoms with Gasteiger partial charge in [-0.15, -0.1) is 0 Å². The minimum absolute atomic E-state index is 0.110. The van der Waals surface area contributed by atoms with Crippen molar-refractivity contribution in [1.82, 2.24) is 14.7 Å². The number of hydrogen-bond donors (Lipinski definition) is 2. The van der Waals surface area contributed by atoms with Crippen molar-refractivity contribution in [3.05, 3.63) is 90.5 Å². The lowest BCUT2D eigenvalue weighted by molar-refractivity contribution is -0.116. The van der Waals surface area contributed by atoms with Crippen LogP contribution in [0, 0.1) is 0 Å². The number of aromatic nitrogens is 2. The van der Waals surface area contributed by atoms with Crippen molar-refractivity contribution in [2.75, 3.05) is 30.8 Å². The highest BCUT2D eigenvalue weighted by Gasteiger charge is 2.19. The van der Waals surface area contributed by atoms with Gasteiger partial charge in [-0.05, 0) is 54.8 Å². The third kappa shape index (κ3) is 6.39. The van der Waals surface area contributed by atoms with Crippen LogP contribution in [0.4, 0.5) is 16.3 Å². The van der Waals surface area contributed by atoms with E-state index in [4.69, 9.17) is 9.84 Å². The lowest BCUT2D eigenvalue weighted by Crippen LogP contribution is -2.40. The largest absolute Gasteiger partial charge is 0.497 e. The van der Waals surface area contributed by atoms with Gasteiger partial charge in [0.05, 0.1) is 18.5 Å². The van der Waals surface area contributed by atoms with Crippen LogP contribution >= 0.6 is 0 Å². The maximum atomic E-state index is 13.1. The van der Waals surface area contributed by atoms with Crippen LogP contribution in [0.5, 0.6) is 5.75 Å². The minimum Gasteiger partial charge on any atom is -0.497 e. The molecule has 4 rings (SSSR count). The number of ether oxygens (including phenoxy) is 1. The summed E-state index contributed by atoms with van der Waals surface area (Å²) in [5.74, 6) is 1.30. The molecular weight excluding hydrogens is 478 g/mol. The highest BCUT2D eigenvalue weighted by Crippen LogP contribution is 2.26. The van der Waals surface area contributed by atoms with Gasteiger partial charge in [-0.3, -0.25) is 4.79 Å². The molecule has 1 heterocycles. The Morgan fingerprint density at radius 3 is 2.24 bits per heavy atom. The Kier molecular flexibility index (Phi) is 8.43. The molecule has 0 saturated heterocycles. The van der Waals surface area contributed by atoms with Gasteiger partial charge in [-0.2, -0.15) is 5.10 Å². The second-order valence-corrected chi connectivity index (χ2v) is 9.16. The van der Waals surface area contributed by atoms with Gasteiger partial charge in [0.2, 0.25) is 5.91 Å². The first-order valence-electron chi connectivity index (χ1n) is 12.6. The summed E-state index contributed by atoms with van der Waals surface area (Å²) in [7, 11) is 1.61. The zero-order chi connectivity index (χ0) is 27.1. The average Bonchev–Trinajstić information content (AvgIpc) is 3.36. The second kappa shape index (κ2) is 12.1. The molecule has 0 aliphatic heterocycles. The minimum atomic E-state index is -0.339. The monoisotopic (exact) mass is 511 g/mol. The van der Waals surface area contributed by atoms with Gasteiger partial charge in [0, 0.05) is 23.9 Å². The van der Waals surface area contributed by atoms with Crippen molar-refractivity contribution < 1.29 is 14.3 Å². The zero-order valence-corrected chi connectivity index (χ0v) is 22.1. The molecule has 0 bridgehead atoms. The molecule has 1 aromatic heterocycles. The van der Waals surface area contributed by atoms with Gasteiger partial charge in [-0.1, -0.05) is 56.3 Å². The van der Waals surface area contributed by atoms with Crippen LogP contribution in [-0.2, 0) is 4.79 Å². The van der Waals surface area contributed by atoms with Crippen molar-refractivity contribution in [3.63, 3.8) is 0 Å². The fourth-order valence-electron chi connectivity index (χ4n) is 3.98. The molecule has 3 amide bonds. The predicted octanol–water partition coefficient (Wildman–Crippen LogP) is 6.16. The average molecular weight is 512 g/mol. The standard InChI is InChI=1S/C30H33N5O3/c1-5-34(30(37)31-24-13-11-22(12-14-24)21(2)3)20-29(36)32-28-19-27(23-9-7-6-8-10-23)33-35(28)25-15-17-26(38-4)18-16-25/h6-19,21H,5,20H2,1-4H3,(H,31,37)(H,32,36). The molecule has 0 spiro atoms. The molecule has 196 valence electrons. The molecule has 0 fully saturated rings. The van der Waals surface area contributed by atoms with Gasteiger partial charge < -0.3 is 20.3 Å². The Morgan fingerprint density at radius 2 is 1.63 bits per heavy atom. The lowest BCUT2D eigenvalue weighted by Gasteiger charge is -2.21. The molecule has 0 aliphatic carbocycles. The van der Waals surface area contributed by atoms with Crippen LogP contribution in [0.2, 0.25) is 0 Å². The Labute approximate surface area is 223 Å². The van der Waals surface area contributed by atoms with Crippen LogP contribution in [0.1, 0.15) is 32.3 Å². The quantitative estimate of drug-likeness (QED) is 0.282. The van der Waals surface area contributed by atoms with E-state index in [0.717, 1.165) is 17.0 Å². The number of amides is 3. The predicted molar refractivity (Wildman–Crippen MR) is 151 cm³/mol. The zero-order valence-electron chi connectivity index (χ0n) is 22.1. The molecule has 0 unspecified atom stereocenters. The van der Waals surface area contributed by atoms with Crippen LogP contribution in [0.15, 0.2) is 84.9 Å². The Balaban J connectivity index is 1.51. The van der Waals surface area contributed by atoms with Crippen LogP contribution in [-0.4, -0.2) is 46.8 Å². The molecule has 38 heavy (non-hydrogen) atoms. The van der Waals surface area contributed by atoms with Gasteiger partial charge in [-0.25, -0.2) is 9.48 Å². The van der Waals surface area contributed by atoms with E-state index in [1.807, 2.05) is 91.9 Å². The topological polar surface area (TPSA) is 88.5 Å². The summed E-state index contributed by atoms with van der Waals surface area (Å²) in [6.45, 7) is 6.34. The molecule has 3 aromatic carbocycles. The van der Waals surface area contributed by atoms with Gasteiger partial charge >= 0.3 is 6.03 Å². The number of methoxy groups -OCH3 is 1. The molecule has 2 N–H and O–H groups in total. The number of urea groups is 1. The summed E-state index contributed by atoms with van der Waals surface area (Å²) in [5, 5.41) is 10.6. The van der Waals surface area contributed by atoms with Crippen LogP contribution < -0.4 is 15.4 Å². The molecule has 0 saturated carbocycles. The number of carbonyl (C=O) groups is 2. The number of likely N-dealkylation sites (N-methyl/N-ethyl adjacent to an activating group) is 1. The van der Waals surface area contributed by atoms with E-state index < -0.39 is 0 Å². The number of anilines is 2. The normalized spacial score (nSPS) is 10.8. The van der Waals surface area contributed by atoms with E-state index in [2.05, 4.69) is 24.5 Å². The number of hydrogen-bond acceptors (Lipinski definition) is 4. The summed E-state index contributed by atoms with van der Waals surface area (Å²) in [6.07, 6.45) is 0. The maximum absolute atomic E-state index is 13.1. The van der Waals surface area contributed by atoms with E-state index in [1.54, 1.807) is 11.8 Å².